The van der Waals surface area contributed by atoms with Crippen molar-refractivity contribution < 1.29 is 9.15 Å². The zero-order chi connectivity index (χ0) is 18.1. The minimum atomic E-state index is -0.262. The Labute approximate surface area is 146 Å². The summed E-state index contributed by atoms with van der Waals surface area (Å²) in [5, 5.41) is 0.534. The van der Waals surface area contributed by atoms with Gasteiger partial charge in [0, 0.05) is 23.4 Å². The highest BCUT2D eigenvalue weighted by Crippen LogP contribution is 2.28. The van der Waals surface area contributed by atoms with Crippen molar-refractivity contribution in [3.63, 3.8) is 0 Å². The van der Waals surface area contributed by atoms with E-state index in [1.807, 2.05) is 26.0 Å². The Kier molecular flexibility index (Phi) is 4.74. The van der Waals surface area contributed by atoms with Crippen molar-refractivity contribution in [3.05, 3.63) is 51.0 Å². The molecule has 1 aromatic heterocycles. The van der Waals surface area contributed by atoms with Crippen molar-refractivity contribution in [3.8, 4) is 0 Å². The Morgan fingerprint density at radius 2 is 2.12 bits per heavy atom. The third kappa shape index (κ3) is 3.10. The summed E-state index contributed by atoms with van der Waals surface area (Å²) in [5.74, 6) is 0.426. The first kappa shape index (κ1) is 17.4. The lowest BCUT2D eigenvalue weighted by Crippen LogP contribution is -2.22. The lowest BCUT2D eigenvalue weighted by molar-refractivity contribution is 0.172. The molecule has 25 heavy (non-hydrogen) atoms. The minimum absolute atomic E-state index is 0.0847. The van der Waals surface area contributed by atoms with Crippen LogP contribution >= 0.6 is 0 Å². The van der Waals surface area contributed by atoms with Gasteiger partial charge in [0.1, 0.15) is 11.3 Å². The third-order valence-electron chi connectivity index (χ3n) is 4.38. The number of hydrogen-bond acceptors (Lipinski definition) is 6. The Morgan fingerprint density at radius 3 is 2.72 bits per heavy atom. The summed E-state index contributed by atoms with van der Waals surface area (Å²) in [6, 6.07) is 3.51. The molecule has 1 aromatic carbocycles. The quantitative estimate of drug-likeness (QED) is 0.890. The van der Waals surface area contributed by atoms with Crippen molar-refractivity contribution in [1.29, 1.82) is 0 Å². The van der Waals surface area contributed by atoms with E-state index in [0.29, 0.717) is 53.3 Å². The fourth-order valence-electron chi connectivity index (χ4n) is 3.09. The fraction of sp³-hybridized carbons (Fsp3) is 0.368. The zero-order valence-corrected chi connectivity index (χ0v) is 14.8. The van der Waals surface area contributed by atoms with Crippen molar-refractivity contribution >= 4 is 22.3 Å². The van der Waals surface area contributed by atoms with Crippen molar-refractivity contribution in [2.75, 3.05) is 19.8 Å². The van der Waals surface area contributed by atoms with Crippen LogP contribution in [0.4, 0.5) is 0 Å². The average molecular weight is 341 g/mol. The molecule has 0 fully saturated rings. The summed E-state index contributed by atoms with van der Waals surface area (Å²) in [6.45, 7) is 7.03. The van der Waals surface area contributed by atoms with E-state index in [1.54, 1.807) is 6.92 Å². The number of rotatable bonds is 3. The first-order valence-electron chi connectivity index (χ1n) is 8.31. The van der Waals surface area contributed by atoms with Gasteiger partial charge >= 0.3 is 0 Å². The zero-order valence-electron chi connectivity index (χ0n) is 14.8. The number of nitrogens with two attached hydrogens (primary N) is 2. The van der Waals surface area contributed by atoms with Crippen LogP contribution in [0.3, 0.4) is 0 Å². The monoisotopic (exact) mass is 341 g/mol. The summed E-state index contributed by atoms with van der Waals surface area (Å²) >= 11 is 0. The van der Waals surface area contributed by atoms with Crippen LogP contribution < -0.4 is 16.9 Å². The van der Waals surface area contributed by atoms with Gasteiger partial charge in [0.2, 0.25) is 0 Å². The van der Waals surface area contributed by atoms with E-state index in [9.17, 15) is 4.79 Å². The van der Waals surface area contributed by atoms with E-state index < -0.39 is 0 Å². The second-order valence-corrected chi connectivity index (χ2v) is 6.37. The number of aliphatic imine (C=N–C) groups is 1. The van der Waals surface area contributed by atoms with Crippen LogP contribution in [0.2, 0.25) is 0 Å². The predicted molar refractivity (Wildman–Crippen MR) is 99.8 cm³/mol. The van der Waals surface area contributed by atoms with Crippen molar-refractivity contribution in [2.45, 2.75) is 26.8 Å². The number of aryl methyl sites for hydroxylation is 1. The Hall–Kier alpha value is -2.44. The molecule has 1 aliphatic rings. The highest BCUT2D eigenvalue weighted by Gasteiger charge is 2.22. The van der Waals surface area contributed by atoms with Gasteiger partial charge in [0.25, 0.3) is 0 Å². The summed E-state index contributed by atoms with van der Waals surface area (Å²) in [6.07, 6.45) is 1.42. The van der Waals surface area contributed by atoms with E-state index in [4.69, 9.17) is 20.6 Å². The van der Waals surface area contributed by atoms with Crippen LogP contribution in [0.25, 0.3) is 16.5 Å². The van der Waals surface area contributed by atoms with Gasteiger partial charge in [-0.05, 0) is 32.4 Å². The van der Waals surface area contributed by atoms with Gasteiger partial charge in [0.15, 0.2) is 5.43 Å². The Bertz CT molecular complexity index is 939. The van der Waals surface area contributed by atoms with Crippen LogP contribution in [-0.2, 0) is 4.74 Å². The van der Waals surface area contributed by atoms with Gasteiger partial charge in [-0.2, -0.15) is 0 Å². The van der Waals surface area contributed by atoms with Crippen molar-refractivity contribution in [1.82, 2.24) is 0 Å². The van der Waals surface area contributed by atoms with Gasteiger partial charge in [-0.1, -0.05) is 6.07 Å². The van der Waals surface area contributed by atoms with Gasteiger partial charge in [0.05, 0.1) is 36.4 Å². The molecule has 6 heteroatoms. The van der Waals surface area contributed by atoms with Gasteiger partial charge in [-0.25, -0.2) is 0 Å². The number of benzene rings is 1. The molecule has 1 atom stereocenters. The van der Waals surface area contributed by atoms with Gasteiger partial charge in [-0.15, -0.1) is 0 Å². The molecule has 0 spiro atoms. The second kappa shape index (κ2) is 6.82. The molecular weight excluding hydrogens is 318 g/mol. The maximum Gasteiger partial charge on any atom is 0.196 e. The molecule has 1 unspecified atom stereocenters. The van der Waals surface area contributed by atoms with E-state index >= 15 is 0 Å². The van der Waals surface area contributed by atoms with Crippen molar-refractivity contribution in [2.24, 2.45) is 16.5 Å². The minimum Gasteiger partial charge on any atom is -0.455 e. The molecule has 0 saturated carbocycles. The van der Waals surface area contributed by atoms with Gasteiger partial charge in [-0.3, -0.25) is 9.79 Å². The normalized spacial score (nSPS) is 16.8. The summed E-state index contributed by atoms with van der Waals surface area (Å²) < 4.78 is 11.6. The second-order valence-electron chi connectivity index (χ2n) is 6.37. The molecule has 0 aliphatic carbocycles. The van der Waals surface area contributed by atoms with Gasteiger partial charge < -0.3 is 20.6 Å². The van der Waals surface area contributed by atoms with E-state index in [0.717, 1.165) is 11.1 Å². The highest BCUT2D eigenvalue weighted by molar-refractivity contribution is 6.24. The van der Waals surface area contributed by atoms with Crippen LogP contribution in [0.5, 0.6) is 0 Å². The molecule has 1 aliphatic heterocycles. The van der Waals surface area contributed by atoms with E-state index in [2.05, 4.69) is 4.99 Å². The van der Waals surface area contributed by atoms with Crippen LogP contribution in [0.1, 0.15) is 35.4 Å². The molecule has 3 rings (SSSR count). The smallest absolute Gasteiger partial charge is 0.196 e. The summed E-state index contributed by atoms with van der Waals surface area (Å²) in [7, 11) is 0. The maximum absolute atomic E-state index is 12.9. The lowest BCUT2D eigenvalue weighted by Gasteiger charge is -2.18. The molecule has 0 bridgehead atoms. The maximum atomic E-state index is 12.9. The predicted octanol–water partition coefficient (Wildman–Crippen LogP) is 2.20. The summed E-state index contributed by atoms with van der Waals surface area (Å²) in [4.78, 5) is 17.4. The SMILES string of the molecule is Cc1cc(C(C)N)c2oc(/C(=C/N)C3=NCCOC3)c(C)c(=O)c2c1. The Morgan fingerprint density at radius 1 is 1.36 bits per heavy atom. The molecule has 132 valence electrons. The molecule has 6 nitrogen and oxygen atoms in total. The molecule has 0 amide bonds. The lowest BCUT2D eigenvalue weighted by atomic mass is 9.98. The largest absolute Gasteiger partial charge is 0.455 e. The Balaban J connectivity index is 2.31. The topological polar surface area (TPSA) is 104 Å². The number of fused-ring (bicyclic) bond motifs is 1. The first-order chi connectivity index (χ1) is 11.9. The van der Waals surface area contributed by atoms with Crippen LogP contribution in [-0.4, -0.2) is 25.5 Å². The number of ether oxygens (including phenoxy) is 1. The molecule has 2 heterocycles. The van der Waals surface area contributed by atoms with Crippen LogP contribution in [0, 0.1) is 13.8 Å². The standard InChI is InChI=1S/C19H23N3O3/c1-10-6-13(12(3)21)19-14(7-10)17(23)11(2)18(25-19)15(8-20)16-9-24-5-4-22-16/h6-8,12H,4-5,9,20-21H2,1-3H3/b15-8+. The average Bonchev–Trinajstić information content (AvgIpc) is 2.60. The van der Waals surface area contributed by atoms with Crippen LogP contribution in [0.15, 0.2) is 32.5 Å². The molecule has 4 N–H and O–H groups in total. The van der Waals surface area contributed by atoms with E-state index in [1.165, 1.54) is 6.20 Å². The molecular formula is C19H23N3O3. The molecule has 2 aromatic rings. The molecule has 0 saturated heterocycles. The number of hydrogen-bond donors (Lipinski definition) is 2. The third-order valence-corrected chi connectivity index (χ3v) is 4.38. The first-order valence-corrected chi connectivity index (χ1v) is 8.31. The summed E-state index contributed by atoms with van der Waals surface area (Å²) in [5.41, 5.74) is 15.9. The van der Waals surface area contributed by atoms with E-state index in [-0.39, 0.29) is 11.5 Å². The fourth-order valence-corrected chi connectivity index (χ4v) is 3.09. The number of nitrogens with zero attached hydrogens (tertiary/aromatic N) is 1. The highest BCUT2D eigenvalue weighted by atomic mass is 16.5. The molecule has 0 radical (unpaired) electrons.